The topological polar surface area (TPSA) is 58.2 Å². The Morgan fingerprint density at radius 3 is 1.91 bits per heavy atom. The Morgan fingerprint density at radius 1 is 0.826 bits per heavy atom. The van der Waals surface area contributed by atoms with E-state index in [1.807, 2.05) is 45.9 Å². The van der Waals surface area contributed by atoms with Crippen molar-refractivity contribution < 1.29 is 9.59 Å². The van der Waals surface area contributed by atoms with Gasteiger partial charge in [-0.2, -0.15) is 0 Å². The van der Waals surface area contributed by atoms with Crippen LogP contribution in [0.15, 0.2) is 42.5 Å². The molecule has 4 nitrogen and oxygen atoms in total. The van der Waals surface area contributed by atoms with Gasteiger partial charge in [-0.05, 0) is 61.4 Å². The second kappa shape index (κ2) is 7.09. The van der Waals surface area contributed by atoms with Crippen molar-refractivity contribution in [1.82, 2.24) is 0 Å². The van der Waals surface area contributed by atoms with Crippen LogP contribution in [0.25, 0.3) is 0 Å². The maximum Gasteiger partial charge on any atom is 0.255 e. The van der Waals surface area contributed by atoms with Crippen LogP contribution in [0, 0.1) is 19.8 Å². The molecular weight excluding hydrogens is 288 g/mol. The third-order valence-electron chi connectivity index (χ3n) is 3.70. The van der Waals surface area contributed by atoms with E-state index in [1.165, 1.54) is 0 Å². The number of rotatable bonds is 4. The number of hydrogen-bond acceptors (Lipinski definition) is 2. The van der Waals surface area contributed by atoms with Gasteiger partial charge in [-0.25, -0.2) is 0 Å². The Balaban J connectivity index is 2.04. The first-order chi connectivity index (χ1) is 10.9. The maximum atomic E-state index is 12.2. The highest BCUT2D eigenvalue weighted by atomic mass is 16.2. The van der Waals surface area contributed by atoms with E-state index >= 15 is 0 Å². The molecule has 0 saturated heterocycles. The fourth-order valence-corrected chi connectivity index (χ4v) is 2.01. The van der Waals surface area contributed by atoms with Crippen LogP contribution in [-0.2, 0) is 4.79 Å². The molecule has 120 valence electrons. The lowest BCUT2D eigenvalue weighted by atomic mass is 10.1. The summed E-state index contributed by atoms with van der Waals surface area (Å²) in [5.74, 6) is -0.247. The molecule has 2 N–H and O–H groups in total. The van der Waals surface area contributed by atoms with Crippen LogP contribution in [0.4, 0.5) is 11.4 Å². The van der Waals surface area contributed by atoms with E-state index in [0.29, 0.717) is 16.9 Å². The Labute approximate surface area is 136 Å². The summed E-state index contributed by atoms with van der Waals surface area (Å²) < 4.78 is 0. The first-order valence-electron chi connectivity index (χ1n) is 7.66. The highest BCUT2D eigenvalue weighted by Gasteiger charge is 2.09. The maximum absolute atomic E-state index is 12.2. The number of hydrogen-bond donors (Lipinski definition) is 2. The summed E-state index contributed by atoms with van der Waals surface area (Å²) in [6.45, 7) is 7.68. The number of carbonyl (C=O) groups is 2. The molecule has 0 atom stereocenters. The molecule has 0 aliphatic heterocycles. The lowest BCUT2D eigenvalue weighted by Gasteiger charge is -2.10. The van der Waals surface area contributed by atoms with E-state index in [-0.39, 0.29) is 17.7 Å². The van der Waals surface area contributed by atoms with Gasteiger partial charge >= 0.3 is 0 Å². The number of anilines is 2. The molecule has 2 amide bonds. The van der Waals surface area contributed by atoms with Gasteiger partial charge in [0.2, 0.25) is 5.91 Å². The Bertz CT molecular complexity index is 719. The summed E-state index contributed by atoms with van der Waals surface area (Å²) >= 11 is 0. The van der Waals surface area contributed by atoms with E-state index in [0.717, 1.165) is 11.1 Å². The number of benzene rings is 2. The zero-order valence-electron chi connectivity index (χ0n) is 13.9. The molecule has 0 heterocycles. The standard InChI is InChI=1S/C19H22N2O2/c1-12(2)18(22)20-16-7-9-17(10-8-16)21-19(23)15-6-5-13(3)14(4)11-15/h5-12H,1-4H3,(H,20,22)(H,21,23). The van der Waals surface area contributed by atoms with Crippen molar-refractivity contribution in [2.24, 2.45) is 5.92 Å². The van der Waals surface area contributed by atoms with Crippen LogP contribution in [0.5, 0.6) is 0 Å². The average molecular weight is 310 g/mol. The van der Waals surface area contributed by atoms with Crippen molar-refractivity contribution in [3.05, 3.63) is 59.2 Å². The van der Waals surface area contributed by atoms with Crippen LogP contribution in [0.2, 0.25) is 0 Å². The lowest BCUT2D eigenvalue weighted by molar-refractivity contribution is -0.118. The van der Waals surface area contributed by atoms with Crippen molar-refractivity contribution >= 4 is 23.2 Å². The fraction of sp³-hybridized carbons (Fsp3) is 0.263. The summed E-state index contributed by atoms with van der Waals surface area (Å²) in [5.41, 5.74) is 4.28. The van der Waals surface area contributed by atoms with Gasteiger partial charge in [-0.1, -0.05) is 19.9 Å². The quantitative estimate of drug-likeness (QED) is 0.891. The average Bonchev–Trinajstić information content (AvgIpc) is 2.51. The van der Waals surface area contributed by atoms with Gasteiger partial charge in [-0.15, -0.1) is 0 Å². The zero-order valence-corrected chi connectivity index (χ0v) is 13.9. The van der Waals surface area contributed by atoms with Crippen LogP contribution >= 0.6 is 0 Å². The summed E-state index contributed by atoms with van der Waals surface area (Å²) in [6.07, 6.45) is 0. The molecule has 0 aliphatic carbocycles. The first kappa shape index (κ1) is 16.7. The summed E-state index contributed by atoms with van der Waals surface area (Å²) in [5, 5.41) is 5.67. The van der Waals surface area contributed by atoms with Gasteiger partial charge in [-0.3, -0.25) is 9.59 Å². The van der Waals surface area contributed by atoms with E-state index in [4.69, 9.17) is 0 Å². The van der Waals surface area contributed by atoms with E-state index < -0.39 is 0 Å². The molecule has 0 saturated carbocycles. The predicted molar refractivity (Wildman–Crippen MR) is 93.8 cm³/mol. The van der Waals surface area contributed by atoms with Crippen molar-refractivity contribution in [2.45, 2.75) is 27.7 Å². The molecule has 0 unspecified atom stereocenters. The van der Waals surface area contributed by atoms with Gasteiger partial charge in [0.1, 0.15) is 0 Å². The Morgan fingerprint density at radius 2 is 1.39 bits per heavy atom. The van der Waals surface area contributed by atoms with Crippen LogP contribution in [-0.4, -0.2) is 11.8 Å². The summed E-state index contributed by atoms with van der Waals surface area (Å²) in [4.78, 5) is 23.9. The fourth-order valence-electron chi connectivity index (χ4n) is 2.01. The smallest absolute Gasteiger partial charge is 0.255 e. The third-order valence-corrected chi connectivity index (χ3v) is 3.70. The molecular formula is C19H22N2O2. The van der Waals surface area contributed by atoms with E-state index in [9.17, 15) is 9.59 Å². The minimum absolute atomic E-state index is 0.0306. The van der Waals surface area contributed by atoms with Gasteiger partial charge in [0, 0.05) is 22.9 Å². The largest absolute Gasteiger partial charge is 0.326 e. The van der Waals surface area contributed by atoms with Crippen LogP contribution in [0.3, 0.4) is 0 Å². The number of amides is 2. The van der Waals surface area contributed by atoms with E-state index in [2.05, 4.69) is 10.6 Å². The SMILES string of the molecule is Cc1ccc(C(=O)Nc2ccc(NC(=O)C(C)C)cc2)cc1C. The molecule has 4 heteroatoms. The predicted octanol–water partition coefficient (Wildman–Crippen LogP) is 4.15. The molecule has 23 heavy (non-hydrogen) atoms. The monoisotopic (exact) mass is 310 g/mol. The Hall–Kier alpha value is -2.62. The molecule has 0 aliphatic rings. The molecule has 0 radical (unpaired) electrons. The molecule has 2 aromatic rings. The van der Waals surface area contributed by atoms with Crippen molar-refractivity contribution in [3.8, 4) is 0 Å². The normalized spacial score (nSPS) is 10.5. The summed E-state index contributed by atoms with van der Waals surface area (Å²) in [7, 11) is 0. The van der Waals surface area contributed by atoms with Gasteiger partial charge < -0.3 is 10.6 Å². The van der Waals surface area contributed by atoms with Crippen molar-refractivity contribution in [3.63, 3.8) is 0 Å². The highest BCUT2D eigenvalue weighted by Crippen LogP contribution is 2.16. The molecule has 0 aromatic heterocycles. The van der Waals surface area contributed by atoms with Crippen molar-refractivity contribution in [1.29, 1.82) is 0 Å². The minimum Gasteiger partial charge on any atom is -0.326 e. The summed E-state index contributed by atoms with van der Waals surface area (Å²) in [6, 6.07) is 12.7. The number of carbonyl (C=O) groups excluding carboxylic acids is 2. The third kappa shape index (κ3) is 4.42. The number of aryl methyl sites for hydroxylation is 2. The molecule has 2 rings (SSSR count). The minimum atomic E-state index is -0.146. The number of nitrogens with one attached hydrogen (secondary N) is 2. The van der Waals surface area contributed by atoms with Crippen molar-refractivity contribution in [2.75, 3.05) is 10.6 Å². The van der Waals surface area contributed by atoms with Gasteiger partial charge in [0.25, 0.3) is 5.91 Å². The molecule has 2 aromatic carbocycles. The molecule has 0 fully saturated rings. The first-order valence-corrected chi connectivity index (χ1v) is 7.66. The Kier molecular flexibility index (Phi) is 5.16. The lowest BCUT2D eigenvalue weighted by Crippen LogP contribution is -2.17. The molecule has 0 spiro atoms. The van der Waals surface area contributed by atoms with Gasteiger partial charge in [0.15, 0.2) is 0 Å². The van der Waals surface area contributed by atoms with Crippen LogP contribution in [0.1, 0.15) is 35.3 Å². The highest BCUT2D eigenvalue weighted by molar-refractivity contribution is 6.04. The van der Waals surface area contributed by atoms with Crippen LogP contribution < -0.4 is 10.6 Å². The van der Waals surface area contributed by atoms with E-state index in [1.54, 1.807) is 24.3 Å². The molecule has 0 bridgehead atoms. The van der Waals surface area contributed by atoms with Gasteiger partial charge in [0.05, 0.1) is 0 Å². The second-order valence-corrected chi connectivity index (χ2v) is 5.97. The zero-order chi connectivity index (χ0) is 17.0. The second-order valence-electron chi connectivity index (χ2n) is 5.97.